The van der Waals surface area contributed by atoms with Gasteiger partial charge < -0.3 is 9.30 Å². The van der Waals surface area contributed by atoms with Crippen molar-refractivity contribution in [2.75, 3.05) is 13.7 Å². The minimum atomic E-state index is -0.405. The normalized spacial score (nSPS) is 14.4. The number of ether oxygens (including phenoxy) is 1. The lowest BCUT2D eigenvalue weighted by Crippen LogP contribution is -2.25. The number of hydrogen-bond acceptors (Lipinski definition) is 5. The molecule has 1 aromatic carbocycles. The molecule has 0 atom stereocenters. The third-order valence-electron chi connectivity index (χ3n) is 4.93. The number of halogens is 1. The minimum Gasteiger partial charge on any atom is -0.383 e. The first kappa shape index (κ1) is 16.1. The Kier molecular flexibility index (Phi) is 3.57. The maximum atomic E-state index is 13.8. The average Bonchev–Trinajstić information content (AvgIpc) is 3.23. The van der Waals surface area contributed by atoms with Crippen molar-refractivity contribution in [3.63, 3.8) is 0 Å². The van der Waals surface area contributed by atoms with Gasteiger partial charge in [-0.05, 0) is 31.0 Å². The van der Waals surface area contributed by atoms with E-state index in [2.05, 4.69) is 15.3 Å². The molecule has 27 heavy (non-hydrogen) atoms. The summed E-state index contributed by atoms with van der Waals surface area (Å²) in [7, 11) is 1.56. The van der Waals surface area contributed by atoms with Crippen LogP contribution in [0.25, 0.3) is 22.4 Å². The van der Waals surface area contributed by atoms with Gasteiger partial charge in [-0.1, -0.05) is 5.21 Å². The Morgan fingerprint density at radius 3 is 2.93 bits per heavy atom. The Hall–Kier alpha value is -3.07. The van der Waals surface area contributed by atoms with Crippen LogP contribution in [-0.4, -0.2) is 42.7 Å². The molecule has 3 aromatic heterocycles. The highest BCUT2D eigenvalue weighted by atomic mass is 19.1. The molecule has 0 radical (unpaired) electrons. The van der Waals surface area contributed by atoms with Crippen LogP contribution < -0.4 is 5.56 Å². The summed E-state index contributed by atoms with van der Waals surface area (Å²) >= 11 is 0. The fourth-order valence-electron chi connectivity index (χ4n) is 3.39. The molecule has 4 aromatic rings. The number of methoxy groups -OCH3 is 1. The lowest BCUT2D eigenvalue weighted by molar-refractivity contribution is 0.187. The predicted octanol–water partition coefficient (Wildman–Crippen LogP) is 1.89. The SMILES string of the molecule is COCCn1c(=O)c2c(-n3cc(C4CC4)nn3)ncn2c2ccc(F)cc21. The number of imidazole rings is 1. The van der Waals surface area contributed by atoms with E-state index >= 15 is 0 Å². The van der Waals surface area contributed by atoms with E-state index in [0.29, 0.717) is 41.4 Å². The first-order chi connectivity index (χ1) is 13.2. The molecule has 1 fully saturated rings. The summed E-state index contributed by atoms with van der Waals surface area (Å²) in [4.78, 5) is 17.6. The van der Waals surface area contributed by atoms with Crippen LogP contribution in [-0.2, 0) is 11.3 Å². The quantitative estimate of drug-likeness (QED) is 0.538. The highest BCUT2D eigenvalue weighted by Crippen LogP contribution is 2.38. The molecular formula is C18H17FN6O2. The molecule has 1 aliphatic rings. The molecule has 138 valence electrons. The fraction of sp³-hybridized carbons (Fsp3) is 0.333. The summed E-state index contributed by atoms with van der Waals surface area (Å²) in [6.07, 6.45) is 5.62. The number of hydrogen-bond donors (Lipinski definition) is 0. The second-order valence-electron chi connectivity index (χ2n) is 6.73. The Morgan fingerprint density at radius 1 is 1.30 bits per heavy atom. The molecule has 3 heterocycles. The average molecular weight is 368 g/mol. The van der Waals surface area contributed by atoms with E-state index < -0.39 is 5.82 Å². The van der Waals surface area contributed by atoms with E-state index in [9.17, 15) is 9.18 Å². The summed E-state index contributed by atoms with van der Waals surface area (Å²) in [5, 5.41) is 8.36. The number of fused-ring (bicyclic) bond motifs is 3. The Labute approximate surface area is 152 Å². The largest absolute Gasteiger partial charge is 0.383 e. The van der Waals surface area contributed by atoms with E-state index in [4.69, 9.17) is 4.74 Å². The van der Waals surface area contributed by atoms with Gasteiger partial charge in [-0.2, -0.15) is 4.68 Å². The number of aromatic nitrogens is 6. The maximum Gasteiger partial charge on any atom is 0.279 e. The van der Waals surface area contributed by atoms with Crippen molar-refractivity contribution >= 4 is 16.6 Å². The predicted molar refractivity (Wildman–Crippen MR) is 95.7 cm³/mol. The molecule has 0 N–H and O–H groups in total. The van der Waals surface area contributed by atoms with Crippen LogP contribution in [0.1, 0.15) is 24.5 Å². The van der Waals surface area contributed by atoms with Gasteiger partial charge in [0.15, 0.2) is 11.3 Å². The third-order valence-corrected chi connectivity index (χ3v) is 4.93. The molecule has 1 aliphatic carbocycles. The van der Waals surface area contributed by atoms with Gasteiger partial charge in [-0.15, -0.1) is 5.10 Å². The van der Waals surface area contributed by atoms with Crippen LogP contribution in [0.15, 0.2) is 35.5 Å². The van der Waals surface area contributed by atoms with Gasteiger partial charge in [-0.25, -0.2) is 9.37 Å². The van der Waals surface area contributed by atoms with E-state index in [-0.39, 0.29) is 5.56 Å². The van der Waals surface area contributed by atoms with Crippen molar-refractivity contribution in [1.82, 2.24) is 28.9 Å². The van der Waals surface area contributed by atoms with E-state index in [1.165, 1.54) is 16.7 Å². The van der Waals surface area contributed by atoms with Crippen LogP contribution >= 0.6 is 0 Å². The van der Waals surface area contributed by atoms with Gasteiger partial charge in [0, 0.05) is 19.6 Å². The van der Waals surface area contributed by atoms with Gasteiger partial charge >= 0.3 is 0 Å². The summed E-state index contributed by atoms with van der Waals surface area (Å²) < 4.78 is 23.7. The highest BCUT2D eigenvalue weighted by molar-refractivity contribution is 5.81. The molecule has 0 amide bonds. The number of rotatable bonds is 5. The van der Waals surface area contributed by atoms with Gasteiger partial charge in [0.25, 0.3) is 5.56 Å². The zero-order valence-electron chi connectivity index (χ0n) is 14.7. The standard InChI is InChI=1S/C18H17FN6O2/c1-27-7-6-23-15-8-12(19)4-5-14(15)24-10-20-17(16(24)18(23)26)25-9-13(21-22-25)11-2-3-11/h4-5,8-11H,2-3,6-7H2,1H3. The van der Waals surface area contributed by atoms with Crippen molar-refractivity contribution in [3.05, 3.63) is 52.6 Å². The summed E-state index contributed by atoms with van der Waals surface area (Å²) in [5.41, 5.74) is 2.19. The summed E-state index contributed by atoms with van der Waals surface area (Å²) in [6, 6.07) is 4.36. The molecule has 1 saturated carbocycles. The molecule has 0 spiro atoms. The molecule has 0 unspecified atom stereocenters. The van der Waals surface area contributed by atoms with Crippen molar-refractivity contribution < 1.29 is 9.13 Å². The van der Waals surface area contributed by atoms with Gasteiger partial charge in [0.2, 0.25) is 0 Å². The zero-order chi connectivity index (χ0) is 18.5. The number of benzene rings is 1. The van der Waals surface area contributed by atoms with Crippen LogP contribution in [0.5, 0.6) is 0 Å². The monoisotopic (exact) mass is 368 g/mol. The molecule has 0 bridgehead atoms. The van der Waals surface area contributed by atoms with Crippen molar-refractivity contribution in [1.29, 1.82) is 0 Å². The zero-order valence-corrected chi connectivity index (χ0v) is 14.7. The van der Waals surface area contributed by atoms with E-state index in [1.807, 2.05) is 6.20 Å². The molecule has 5 rings (SSSR count). The minimum absolute atomic E-state index is 0.277. The van der Waals surface area contributed by atoms with Crippen LogP contribution in [0.3, 0.4) is 0 Å². The molecule has 8 nitrogen and oxygen atoms in total. The topological polar surface area (TPSA) is 79.2 Å². The first-order valence-electron chi connectivity index (χ1n) is 8.78. The fourth-order valence-corrected chi connectivity index (χ4v) is 3.39. The smallest absolute Gasteiger partial charge is 0.279 e. The second-order valence-corrected chi connectivity index (χ2v) is 6.73. The van der Waals surface area contributed by atoms with Gasteiger partial charge in [0.1, 0.15) is 12.1 Å². The summed E-state index contributed by atoms with van der Waals surface area (Å²) in [6.45, 7) is 0.640. The Balaban J connectivity index is 1.79. The Bertz CT molecular complexity index is 1220. The molecule has 9 heteroatoms. The maximum absolute atomic E-state index is 13.8. The lowest BCUT2D eigenvalue weighted by atomic mass is 10.2. The number of nitrogens with zero attached hydrogens (tertiary/aromatic N) is 6. The van der Waals surface area contributed by atoms with Crippen molar-refractivity contribution in [2.45, 2.75) is 25.3 Å². The third kappa shape index (κ3) is 2.54. The van der Waals surface area contributed by atoms with Crippen molar-refractivity contribution in [3.8, 4) is 5.82 Å². The highest BCUT2D eigenvalue weighted by Gasteiger charge is 2.27. The summed E-state index contributed by atoms with van der Waals surface area (Å²) in [5.74, 6) is 0.463. The van der Waals surface area contributed by atoms with Gasteiger partial charge in [0.05, 0.1) is 29.5 Å². The molecular weight excluding hydrogens is 351 g/mol. The van der Waals surface area contributed by atoms with Crippen LogP contribution in [0, 0.1) is 5.82 Å². The Morgan fingerprint density at radius 2 is 2.15 bits per heavy atom. The molecule has 0 aliphatic heterocycles. The lowest BCUT2D eigenvalue weighted by Gasteiger charge is -2.12. The van der Waals surface area contributed by atoms with E-state index in [0.717, 1.165) is 18.5 Å². The van der Waals surface area contributed by atoms with Crippen LogP contribution in [0.2, 0.25) is 0 Å². The second kappa shape index (κ2) is 5.98. The van der Waals surface area contributed by atoms with Crippen molar-refractivity contribution in [2.24, 2.45) is 0 Å². The first-order valence-corrected chi connectivity index (χ1v) is 8.78. The van der Waals surface area contributed by atoms with E-state index in [1.54, 1.807) is 28.6 Å². The van der Waals surface area contributed by atoms with Crippen LogP contribution in [0.4, 0.5) is 4.39 Å². The van der Waals surface area contributed by atoms with Gasteiger partial charge in [-0.3, -0.25) is 9.20 Å². The molecule has 0 saturated heterocycles.